The van der Waals surface area contributed by atoms with Crippen molar-refractivity contribution in [2.24, 2.45) is 0 Å². The number of sulfonamides is 1. The van der Waals surface area contributed by atoms with Gasteiger partial charge in [0.05, 0.1) is 11.9 Å². The minimum absolute atomic E-state index is 0.228. The molecule has 1 aliphatic heterocycles. The molecule has 110 valence electrons. The number of hydrogen-bond acceptors (Lipinski definition) is 5. The van der Waals surface area contributed by atoms with Crippen LogP contribution in [0.1, 0.15) is 6.92 Å². The Kier molecular flexibility index (Phi) is 3.76. The van der Waals surface area contributed by atoms with Crippen LogP contribution in [0.3, 0.4) is 0 Å². The Labute approximate surface area is 116 Å². The first-order chi connectivity index (χ1) is 9.30. The van der Waals surface area contributed by atoms with Crippen molar-refractivity contribution in [2.45, 2.75) is 13.0 Å². The van der Waals surface area contributed by atoms with Crippen LogP contribution in [0.25, 0.3) is 0 Å². The smallest absolute Gasteiger partial charge is 0.327 e. The van der Waals surface area contributed by atoms with Crippen molar-refractivity contribution in [1.29, 1.82) is 0 Å². The molecule has 0 unspecified atom stereocenters. The molecule has 0 amide bonds. The van der Waals surface area contributed by atoms with Gasteiger partial charge in [0, 0.05) is 6.07 Å². The minimum Gasteiger partial charge on any atom is -0.486 e. The van der Waals surface area contributed by atoms with E-state index in [0.29, 0.717) is 24.7 Å². The molecule has 1 aromatic rings. The molecule has 2 rings (SSSR count). The van der Waals surface area contributed by atoms with E-state index in [0.717, 1.165) is 10.6 Å². The Hall–Kier alpha value is -1.96. The second-order valence-electron chi connectivity index (χ2n) is 4.40. The Bertz CT molecular complexity index is 627. The average Bonchev–Trinajstić information content (AvgIpc) is 2.37. The number of aliphatic carboxylic acids is 1. The van der Waals surface area contributed by atoms with E-state index >= 15 is 0 Å². The lowest BCUT2D eigenvalue weighted by Crippen LogP contribution is -2.42. The summed E-state index contributed by atoms with van der Waals surface area (Å²) in [4.78, 5) is 11.1. The number of hydrogen-bond donors (Lipinski definition) is 1. The van der Waals surface area contributed by atoms with Crippen molar-refractivity contribution in [3.63, 3.8) is 0 Å². The molecule has 1 N–H and O–H groups in total. The Morgan fingerprint density at radius 2 is 1.90 bits per heavy atom. The fourth-order valence-corrected chi connectivity index (χ4v) is 3.13. The highest BCUT2D eigenvalue weighted by molar-refractivity contribution is 7.92. The zero-order valence-electron chi connectivity index (χ0n) is 11.1. The molecule has 1 heterocycles. The fourth-order valence-electron chi connectivity index (χ4n) is 1.97. The van der Waals surface area contributed by atoms with Gasteiger partial charge in [-0.05, 0) is 19.1 Å². The first-order valence-electron chi connectivity index (χ1n) is 5.92. The number of carboxylic acids is 1. The molecule has 7 nitrogen and oxygen atoms in total. The number of carbonyl (C=O) groups is 1. The molecule has 1 aliphatic rings. The second-order valence-corrected chi connectivity index (χ2v) is 6.26. The monoisotopic (exact) mass is 301 g/mol. The predicted molar refractivity (Wildman–Crippen MR) is 71.9 cm³/mol. The molecule has 1 atom stereocenters. The summed E-state index contributed by atoms with van der Waals surface area (Å²) in [6, 6.07) is 3.31. The molecule has 0 radical (unpaired) electrons. The number of carboxylic acid groups (broad SMARTS) is 1. The molecule has 0 aromatic heterocycles. The zero-order valence-corrected chi connectivity index (χ0v) is 11.9. The molecule has 0 spiro atoms. The molecule has 0 saturated carbocycles. The Balaban J connectivity index is 2.47. The van der Waals surface area contributed by atoms with Crippen LogP contribution in [-0.4, -0.2) is 45.0 Å². The fraction of sp³-hybridized carbons (Fsp3) is 0.417. The third-order valence-electron chi connectivity index (χ3n) is 2.85. The Morgan fingerprint density at radius 3 is 2.45 bits per heavy atom. The van der Waals surface area contributed by atoms with E-state index < -0.39 is 22.0 Å². The summed E-state index contributed by atoms with van der Waals surface area (Å²) in [5.41, 5.74) is 0.228. The molecule has 0 bridgehead atoms. The highest BCUT2D eigenvalue weighted by Crippen LogP contribution is 2.35. The highest BCUT2D eigenvalue weighted by Gasteiger charge is 2.29. The van der Waals surface area contributed by atoms with E-state index in [4.69, 9.17) is 14.6 Å². The molecule has 0 aliphatic carbocycles. The molecule has 20 heavy (non-hydrogen) atoms. The lowest BCUT2D eigenvalue weighted by Gasteiger charge is -2.27. The topological polar surface area (TPSA) is 93.1 Å². The van der Waals surface area contributed by atoms with E-state index in [1.165, 1.54) is 19.1 Å². The molecule has 0 fully saturated rings. The van der Waals surface area contributed by atoms with Crippen molar-refractivity contribution in [3.05, 3.63) is 18.2 Å². The summed E-state index contributed by atoms with van der Waals surface area (Å²) >= 11 is 0. The Morgan fingerprint density at radius 1 is 1.30 bits per heavy atom. The van der Waals surface area contributed by atoms with Crippen molar-refractivity contribution in [3.8, 4) is 11.5 Å². The van der Waals surface area contributed by atoms with Crippen molar-refractivity contribution in [1.82, 2.24) is 0 Å². The van der Waals surface area contributed by atoms with Crippen LogP contribution in [0.4, 0.5) is 5.69 Å². The molecule has 8 heteroatoms. The van der Waals surface area contributed by atoms with Crippen LogP contribution in [0.5, 0.6) is 11.5 Å². The lowest BCUT2D eigenvalue weighted by atomic mass is 10.2. The van der Waals surface area contributed by atoms with Gasteiger partial charge < -0.3 is 14.6 Å². The van der Waals surface area contributed by atoms with Gasteiger partial charge in [-0.15, -0.1) is 0 Å². The minimum atomic E-state index is -3.73. The number of nitrogens with zero attached hydrogens (tertiary/aromatic N) is 1. The van der Waals surface area contributed by atoms with Crippen LogP contribution in [0, 0.1) is 0 Å². The SMILES string of the molecule is C[C@H](C(=O)O)N(c1ccc2c(c1)OCCO2)S(C)(=O)=O. The van der Waals surface area contributed by atoms with Gasteiger partial charge in [0.25, 0.3) is 0 Å². The third-order valence-corrected chi connectivity index (χ3v) is 4.09. The van der Waals surface area contributed by atoms with Crippen LogP contribution in [0.15, 0.2) is 18.2 Å². The van der Waals surface area contributed by atoms with Crippen molar-refractivity contribution in [2.75, 3.05) is 23.8 Å². The highest BCUT2D eigenvalue weighted by atomic mass is 32.2. The molecule has 0 saturated heterocycles. The standard InChI is InChI=1S/C12H15NO6S/c1-8(12(14)15)13(20(2,16)17)9-3-4-10-11(7-9)19-6-5-18-10/h3-4,7-8H,5-6H2,1-2H3,(H,14,15)/t8-/m1/s1. The summed E-state index contributed by atoms with van der Waals surface area (Å²) in [6.45, 7) is 2.09. The number of ether oxygens (including phenoxy) is 2. The third kappa shape index (κ3) is 2.79. The van der Waals surface area contributed by atoms with Crippen LogP contribution < -0.4 is 13.8 Å². The van der Waals surface area contributed by atoms with Crippen LogP contribution in [-0.2, 0) is 14.8 Å². The first-order valence-corrected chi connectivity index (χ1v) is 7.77. The van der Waals surface area contributed by atoms with Crippen LogP contribution in [0.2, 0.25) is 0 Å². The van der Waals surface area contributed by atoms with E-state index in [1.807, 2.05) is 0 Å². The van der Waals surface area contributed by atoms with E-state index in [-0.39, 0.29) is 5.69 Å². The zero-order chi connectivity index (χ0) is 14.9. The van der Waals surface area contributed by atoms with Gasteiger partial charge in [-0.1, -0.05) is 0 Å². The van der Waals surface area contributed by atoms with Crippen molar-refractivity contribution < 1.29 is 27.8 Å². The van der Waals surface area contributed by atoms with E-state index in [9.17, 15) is 13.2 Å². The maximum absolute atomic E-state index is 11.8. The summed E-state index contributed by atoms with van der Waals surface area (Å²) in [5.74, 6) is -0.318. The predicted octanol–water partition coefficient (Wildman–Crippen LogP) is 0.697. The maximum Gasteiger partial charge on any atom is 0.327 e. The summed E-state index contributed by atoms with van der Waals surface area (Å²) in [5, 5.41) is 9.05. The van der Waals surface area contributed by atoms with Gasteiger partial charge in [-0.2, -0.15) is 0 Å². The molecular weight excluding hydrogens is 286 g/mol. The van der Waals surface area contributed by atoms with Gasteiger partial charge in [-0.25, -0.2) is 13.2 Å². The average molecular weight is 301 g/mol. The number of fused-ring (bicyclic) bond motifs is 1. The van der Waals surface area contributed by atoms with E-state index in [1.54, 1.807) is 6.07 Å². The number of rotatable bonds is 4. The number of anilines is 1. The van der Waals surface area contributed by atoms with Gasteiger partial charge in [0.15, 0.2) is 11.5 Å². The van der Waals surface area contributed by atoms with Crippen LogP contribution >= 0.6 is 0 Å². The van der Waals surface area contributed by atoms with Gasteiger partial charge >= 0.3 is 5.97 Å². The summed E-state index contributed by atoms with van der Waals surface area (Å²) < 4.78 is 35.2. The van der Waals surface area contributed by atoms with Crippen molar-refractivity contribution >= 4 is 21.7 Å². The summed E-state index contributed by atoms with van der Waals surface area (Å²) in [6.07, 6.45) is 0.962. The number of benzene rings is 1. The van der Waals surface area contributed by atoms with Gasteiger partial charge in [0.1, 0.15) is 19.3 Å². The largest absolute Gasteiger partial charge is 0.486 e. The lowest BCUT2D eigenvalue weighted by molar-refractivity contribution is -0.137. The first kappa shape index (κ1) is 14.4. The molecule has 1 aromatic carbocycles. The summed E-state index contributed by atoms with van der Waals surface area (Å²) in [7, 11) is -3.73. The quantitative estimate of drug-likeness (QED) is 0.880. The van der Waals surface area contributed by atoms with E-state index in [2.05, 4.69) is 0 Å². The van der Waals surface area contributed by atoms with Gasteiger partial charge in [-0.3, -0.25) is 4.31 Å². The maximum atomic E-state index is 11.8. The second kappa shape index (κ2) is 5.20. The normalized spacial score (nSPS) is 15.5. The molecular formula is C12H15NO6S. The van der Waals surface area contributed by atoms with Gasteiger partial charge in [0.2, 0.25) is 10.0 Å².